The van der Waals surface area contributed by atoms with E-state index in [4.69, 9.17) is 15.3 Å². The van der Waals surface area contributed by atoms with Crippen LogP contribution in [0.15, 0.2) is 12.7 Å². The maximum Gasteiger partial charge on any atom is 0.192 e. The largest absolute Gasteiger partial charge is 0.413 e. The van der Waals surface area contributed by atoms with Crippen LogP contribution in [-0.4, -0.2) is 40.6 Å². The Kier molecular flexibility index (Phi) is 9.75. The van der Waals surface area contributed by atoms with Crippen molar-refractivity contribution in [2.24, 2.45) is 5.92 Å². The smallest absolute Gasteiger partial charge is 0.192 e. The fourth-order valence-corrected chi connectivity index (χ4v) is 5.16. The SMILES string of the molecule is C#CC[C@H](O[Si](C)(C)C(C)(C)C)[C@H](CCO)[C@@H](C=C)O[Si](C)(C)C(C)(C)C. The van der Waals surface area contributed by atoms with E-state index in [1.54, 1.807) is 0 Å². The summed E-state index contributed by atoms with van der Waals surface area (Å²) in [6.45, 7) is 26.4. The molecule has 5 heteroatoms. The molecule has 0 fully saturated rings. The third-order valence-corrected chi connectivity index (χ3v) is 15.4. The van der Waals surface area contributed by atoms with E-state index in [0.717, 1.165) is 0 Å². The molecule has 0 saturated carbocycles. The van der Waals surface area contributed by atoms with Gasteiger partial charge in [0.05, 0.1) is 12.2 Å². The Morgan fingerprint density at radius 1 is 1.00 bits per heavy atom. The van der Waals surface area contributed by atoms with E-state index >= 15 is 0 Å². The molecule has 0 aromatic heterocycles. The second-order valence-corrected chi connectivity index (χ2v) is 20.1. The lowest BCUT2D eigenvalue weighted by atomic mass is 9.91. The molecule has 0 bridgehead atoms. The molecule has 0 aliphatic rings. The molecule has 3 nitrogen and oxygen atoms in total. The summed E-state index contributed by atoms with van der Waals surface area (Å²) in [6, 6.07) is 0. The second kappa shape index (κ2) is 9.89. The normalized spacial score (nSPS) is 17.1. The van der Waals surface area contributed by atoms with Gasteiger partial charge in [-0.25, -0.2) is 0 Å². The Labute approximate surface area is 171 Å². The van der Waals surface area contributed by atoms with Crippen molar-refractivity contribution >= 4 is 16.6 Å². The van der Waals surface area contributed by atoms with Crippen LogP contribution in [0.4, 0.5) is 0 Å². The molecule has 158 valence electrons. The van der Waals surface area contributed by atoms with Gasteiger partial charge in [0.15, 0.2) is 16.6 Å². The molecule has 1 N–H and O–H groups in total. The monoisotopic (exact) mass is 412 g/mol. The van der Waals surface area contributed by atoms with Crippen LogP contribution in [0.1, 0.15) is 54.4 Å². The first-order valence-electron chi connectivity index (χ1n) is 10.1. The third kappa shape index (κ3) is 7.51. The minimum absolute atomic E-state index is 0.00759. The zero-order valence-corrected chi connectivity index (χ0v) is 21.5. The average Bonchev–Trinajstić information content (AvgIpc) is 2.47. The van der Waals surface area contributed by atoms with Crippen molar-refractivity contribution in [1.29, 1.82) is 0 Å². The summed E-state index contributed by atoms with van der Waals surface area (Å²) in [4.78, 5) is 0. The van der Waals surface area contributed by atoms with Gasteiger partial charge in [0, 0.05) is 18.9 Å². The highest BCUT2D eigenvalue weighted by Gasteiger charge is 2.44. The standard InChI is InChI=1S/C22H44O3Si2/c1-13-15-20(25-27(11,12)22(6,7)8)18(16-17-23)19(14-2)24-26(9,10)21(3,4)5/h1,14,18-20,23H,2,15-17H2,3-12H3/t18-,19-,20+/m1/s1. The fraction of sp³-hybridized carbons (Fsp3) is 0.818. The van der Waals surface area contributed by atoms with Crippen LogP contribution in [0.25, 0.3) is 0 Å². The van der Waals surface area contributed by atoms with Gasteiger partial charge in [0.2, 0.25) is 0 Å². The molecule has 0 saturated heterocycles. The van der Waals surface area contributed by atoms with E-state index in [-0.39, 0.29) is 34.8 Å². The van der Waals surface area contributed by atoms with Gasteiger partial charge in [-0.2, -0.15) is 0 Å². The van der Waals surface area contributed by atoms with Crippen molar-refractivity contribution in [1.82, 2.24) is 0 Å². The molecule has 0 spiro atoms. The molecule has 3 atom stereocenters. The quantitative estimate of drug-likeness (QED) is 0.273. The number of aliphatic hydroxyl groups is 1. The summed E-state index contributed by atoms with van der Waals surface area (Å²) >= 11 is 0. The summed E-state index contributed by atoms with van der Waals surface area (Å²) in [5, 5.41) is 9.93. The summed E-state index contributed by atoms with van der Waals surface area (Å²) < 4.78 is 13.4. The Hall–Kier alpha value is -0.386. The van der Waals surface area contributed by atoms with E-state index in [1.165, 1.54) is 0 Å². The lowest BCUT2D eigenvalue weighted by Gasteiger charge is -2.45. The lowest BCUT2D eigenvalue weighted by Crippen LogP contribution is -2.50. The third-order valence-electron chi connectivity index (χ3n) is 6.40. The van der Waals surface area contributed by atoms with Crippen LogP contribution in [0.5, 0.6) is 0 Å². The lowest BCUT2D eigenvalue weighted by molar-refractivity contribution is 0.0358. The molecule has 0 heterocycles. The molecule has 0 aliphatic carbocycles. The maximum absolute atomic E-state index is 9.74. The molecule has 0 aromatic rings. The summed E-state index contributed by atoms with van der Waals surface area (Å²) in [6.07, 6.45) is 8.35. The van der Waals surface area contributed by atoms with Gasteiger partial charge in [0.25, 0.3) is 0 Å². The predicted molar refractivity (Wildman–Crippen MR) is 123 cm³/mol. The molecule has 0 aliphatic heterocycles. The van der Waals surface area contributed by atoms with Crippen LogP contribution in [-0.2, 0) is 8.85 Å². The first-order chi connectivity index (χ1) is 12.0. The molecule has 0 aromatic carbocycles. The van der Waals surface area contributed by atoms with Crippen molar-refractivity contribution in [3.8, 4) is 12.3 Å². The van der Waals surface area contributed by atoms with Gasteiger partial charge in [-0.15, -0.1) is 18.9 Å². The summed E-state index contributed by atoms with van der Waals surface area (Å²) in [5.41, 5.74) is 0. The molecule has 0 rings (SSSR count). The zero-order valence-electron chi connectivity index (χ0n) is 19.5. The van der Waals surface area contributed by atoms with Gasteiger partial charge in [0.1, 0.15) is 0 Å². The topological polar surface area (TPSA) is 38.7 Å². The first-order valence-corrected chi connectivity index (χ1v) is 15.9. The van der Waals surface area contributed by atoms with Crippen molar-refractivity contribution in [2.45, 2.75) is 103 Å². The highest BCUT2D eigenvalue weighted by Crippen LogP contribution is 2.41. The van der Waals surface area contributed by atoms with Crippen LogP contribution in [0, 0.1) is 18.3 Å². The van der Waals surface area contributed by atoms with Crippen LogP contribution in [0.2, 0.25) is 36.3 Å². The predicted octanol–water partition coefficient (Wildman–Crippen LogP) is 5.98. The highest BCUT2D eigenvalue weighted by molar-refractivity contribution is 6.74. The Morgan fingerprint density at radius 2 is 1.44 bits per heavy atom. The van der Waals surface area contributed by atoms with Gasteiger partial charge >= 0.3 is 0 Å². The van der Waals surface area contributed by atoms with Gasteiger partial charge in [-0.1, -0.05) is 47.6 Å². The Balaban J connectivity index is 5.82. The van der Waals surface area contributed by atoms with E-state index in [9.17, 15) is 5.11 Å². The number of hydrogen-bond acceptors (Lipinski definition) is 3. The summed E-state index contributed by atoms with van der Waals surface area (Å²) in [5.74, 6) is 2.78. The van der Waals surface area contributed by atoms with Gasteiger partial charge in [-0.05, 0) is 42.7 Å². The zero-order chi connectivity index (χ0) is 21.7. The molecular weight excluding hydrogens is 368 g/mol. The van der Waals surface area contributed by atoms with Crippen molar-refractivity contribution < 1.29 is 14.0 Å². The van der Waals surface area contributed by atoms with Crippen molar-refractivity contribution in [3.05, 3.63) is 12.7 Å². The number of terminal acetylenes is 1. The Morgan fingerprint density at radius 3 is 1.78 bits per heavy atom. The molecule has 27 heavy (non-hydrogen) atoms. The van der Waals surface area contributed by atoms with E-state index in [1.807, 2.05) is 6.08 Å². The van der Waals surface area contributed by atoms with E-state index < -0.39 is 16.6 Å². The van der Waals surface area contributed by atoms with E-state index in [0.29, 0.717) is 12.8 Å². The van der Waals surface area contributed by atoms with Gasteiger partial charge in [-0.3, -0.25) is 0 Å². The minimum Gasteiger partial charge on any atom is -0.413 e. The van der Waals surface area contributed by atoms with Crippen molar-refractivity contribution in [3.63, 3.8) is 0 Å². The summed E-state index contributed by atoms with van der Waals surface area (Å²) in [7, 11) is -4.00. The highest BCUT2D eigenvalue weighted by atomic mass is 28.4. The first kappa shape index (κ1) is 26.6. The minimum atomic E-state index is -2.01. The molecular formula is C22H44O3Si2. The number of aliphatic hydroxyl groups excluding tert-OH is 1. The fourth-order valence-electron chi connectivity index (χ4n) is 2.49. The Bertz CT molecular complexity index is 507. The van der Waals surface area contributed by atoms with Gasteiger partial charge < -0.3 is 14.0 Å². The van der Waals surface area contributed by atoms with Crippen LogP contribution < -0.4 is 0 Å². The number of rotatable bonds is 10. The van der Waals surface area contributed by atoms with Crippen LogP contribution in [0.3, 0.4) is 0 Å². The van der Waals surface area contributed by atoms with Crippen LogP contribution >= 0.6 is 0 Å². The molecule has 0 amide bonds. The second-order valence-electron chi connectivity index (χ2n) is 10.6. The molecule has 0 radical (unpaired) electrons. The van der Waals surface area contributed by atoms with E-state index in [2.05, 4.69) is 80.2 Å². The van der Waals surface area contributed by atoms with Crippen molar-refractivity contribution in [2.75, 3.05) is 6.61 Å². The molecule has 0 unspecified atom stereocenters. The average molecular weight is 413 g/mol. The number of hydrogen-bond donors (Lipinski definition) is 1. The maximum atomic E-state index is 9.74.